The molecule has 2 unspecified atom stereocenters. The van der Waals surface area contributed by atoms with Crippen molar-refractivity contribution in [2.45, 2.75) is 49.3 Å². The molecule has 1 aliphatic rings. The Morgan fingerprint density at radius 1 is 1.30 bits per heavy atom. The second-order valence-electron chi connectivity index (χ2n) is 5.27. The van der Waals surface area contributed by atoms with Crippen LogP contribution in [0.1, 0.15) is 48.7 Å². The van der Waals surface area contributed by atoms with E-state index in [2.05, 4.69) is 11.6 Å². The zero-order valence-corrected chi connectivity index (χ0v) is 13.0. The number of carboxylic acids is 1. The number of hydrogen-bond donors (Lipinski definition) is 2. The number of carboxylic acid groups (broad SMARTS) is 1. The molecular formula is C13H19NO4S2. The molecule has 1 heterocycles. The van der Waals surface area contributed by atoms with Gasteiger partial charge in [-0.05, 0) is 30.9 Å². The molecule has 0 saturated heterocycles. The van der Waals surface area contributed by atoms with Gasteiger partial charge in [0.1, 0.15) is 9.09 Å². The monoisotopic (exact) mass is 317 g/mol. The first-order chi connectivity index (χ1) is 9.40. The van der Waals surface area contributed by atoms with E-state index < -0.39 is 16.0 Å². The molecule has 1 aromatic rings. The van der Waals surface area contributed by atoms with Crippen molar-refractivity contribution in [1.82, 2.24) is 4.72 Å². The van der Waals surface area contributed by atoms with Gasteiger partial charge in [0.2, 0.25) is 10.0 Å². The summed E-state index contributed by atoms with van der Waals surface area (Å²) < 4.78 is 27.4. The van der Waals surface area contributed by atoms with Gasteiger partial charge in [-0.25, -0.2) is 17.9 Å². The van der Waals surface area contributed by atoms with Crippen molar-refractivity contribution in [3.05, 3.63) is 17.0 Å². The number of thiophene rings is 1. The molecular weight excluding hydrogens is 298 g/mol. The number of sulfonamides is 1. The van der Waals surface area contributed by atoms with E-state index in [9.17, 15) is 13.2 Å². The van der Waals surface area contributed by atoms with Gasteiger partial charge in [-0.2, -0.15) is 0 Å². The Hall–Kier alpha value is -0.920. The molecule has 0 spiro atoms. The lowest BCUT2D eigenvalue weighted by Crippen LogP contribution is -2.38. The van der Waals surface area contributed by atoms with Crippen LogP contribution in [-0.2, 0) is 10.0 Å². The third-order valence-electron chi connectivity index (χ3n) is 3.72. The molecule has 20 heavy (non-hydrogen) atoms. The molecule has 2 atom stereocenters. The van der Waals surface area contributed by atoms with Gasteiger partial charge >= 0.3 is 5.97 Å². The zero-order chi connectivity index (χ0) is 14.8. The fraction of sp³-hybridized carbons (Fsp3) is 0.615. The summed E-state index contributed by atoms with van der Waals surface area (Å²) in [7, 11) is -3.62. The van der Waals surface area contributed by atoms with Gasteiger partial charge in [-0.15, -0.1) is 11.3 Å². The minimum Gasteiger partial charge on any atom is -0.477 e. The third-order valence-corrected chi connectivity index (χ3v) is 6.78. The summed E-state index contributed by atoms with van der Waals surface area (Å²) >= 11 is 0.793. The minimum atomic E-state index is -3.62. The van der Waals surface area contributed by atoms with Gasteiger partial charge < -0.3 is 5.11 Å². The van der Waals surface area contributed by atoms with Crippen molar-refractivity contribution < 1.29 is 18.3 Å². The molecule has 112 valence electrons. The maximum atomic E-state index is 12.3. The summed E-state index contributed by atoms with van der Waals surface area (Å²) in [6, 6.07) is 2.63. The average Bonchev–Trinajstić information content (AvgIpc) is 2.79. The highest BCUT2D eigenvalue weighted by Crippen LogP contribution is 2.26. The number of rotatable bonds is 4. The van der Waals surface area contributed by atoms with E-state index in [1.54, 1.807) is 0 Å². The quantitative estimate of drug-likeness (QED) is 0.836. The van der Waals surface area contributed by atoms with Crippen molar-refractivity contribution in [3.63, 3.8) is 0 Å². The smallest absolute Gasteiger partial charge is 0.345 e. The van der Waals surface area contributed by atoms with Crippen LogP contribution in [0.4, 0.5) is 0 Å². The standard InChI is InChI=1S/C13H19NO4S2/c1-9-5-3-2-4-6-10(9)14-20(17,18)12-8-7-11(19-12)13(15)16/h7-10,14H,2-6H2,1H3,(H,15,16). The van der Waals surface area contributed by atoms with Crippen LogP contribution in [0.15, 0.2) is 16.3 Å². The van der Waals surface area contributed by atoms with E-state index in [1.165, 1.54) is 12.1 Å². The maximum absolute atomic E-state index is 12.3. The summed E-state index contributed by atoms with van der Waals surface area (Å²) in [5.74, 6) is -0.787. The largest absolute Gasteiger partial charge is 0.477 e. The Kier molecular flexibility index (Phi) is 4.82. The number of nitrogens with one attached hydrogen (secondary N) is 1. The summed E-state index contributed by atoms with van der Waals surface area (Å²) in [6.45, 7) is 2.07. The Labute approximate surface area is 123 Å². The second-order valence-corrected chi connectivity index (χ2v) is 8.29. The molecule has 0 amide bonds. The first-order valence-electron chi connectivity index (χ1n) is 6.75. The molecule has 1 fully saturated rings. The van der Waals surface area contributed by atoms with E-state index in [-0.39, 0.29) is 15.1 Å². The summed E-state index contributed by atoms with van der Waals surface area (Å²) in [5, 5.41) is 8.86. The van der Waals surface area contributed by atoms with Crippen molar-refractivity contribution >= 4 is 27.3 Å². The van der Waals surface area contributed by atoms with Crippen LogP contribution in [0.3, 0.4) is 0 Å². The third kappa shape index (κ3) is 3.59. The average molecular weight is 317 g/mol. The van der Waals surface area contributed by atoms with Crippen LogP contribution in [0.25, 0.3) is 0 Å². The van der Waals surface area contributed by atoms with Crippen LogP contribution in [0, 0.1) is 5.92 Å². The molecule has 7 heteroatoms. The molecule has 1 aromatic heterocycles. The highest BCUT2D eigenvalue weighted by atomic mass is 32.2. The minimum absolute atomic E-state index is 0.0410. The lowest BCUT2D eigenvalue weighted by Gasteiger charge is -2.22. The van der Waals surface area contributed by atoms with Gasteiger partial charge in [-0.3, -0.25) is 0 Å². The topological polar surface area (TPSA) is 83.5 Å². The fourth-order valence-corrected chi connectivity index (χ4v) is 5.05. The van der Waals surface area contributed by atoms with Crippen LogP contribution in [0.5, 0.6) is 0 Å². The van der Waals surface area contributed by atoms with E-state index in [4.69, 9.17) is 5.11 Å². The zero-order valence-electron chi connectivity index (χ0n) is 11.3. The van der Waals surface area contributed by atoms with Crippen LogP contribution >= 0.6 is 11.3 Å². The SMILES string of the molecule is CC1CCCCCC1NS(=O)(=O)c1ccc(C(=O)O)s1. The molecule has 2 N–H and O–H groups in total. The van der Waals surface area contributed by atoms with Gasteiger partial charge in [0.05, 0.1) is 0 Å². The van der Waals surface area contributed by atoms with Gasteiger partial charge in [0, 0.05) is 6.04 Å². The number of hydrogen-bond acceptors (Lipinski definition) is 4. The Bertz CT molecular complexity index is 579. The van der Waals surface area contributed by atoms with Gasteiger partial charge in [0.15, 0.2) is 0 Å². The summed E-state index contributed by atoms with van der Waals surface area (Å²) in [6.07, 6.45) is 5.18. The lowest BCUT2D eigenvalue weighted by molar-refractivity contribution is 0.0702. The molecule has 1 aliphatic carbocycles. The van der Waals surface area contributed by atoms with Crippen molar-refractivity contribution in [2.24, 2.45) is 5.92 Å². The lowest BCUT2D eigenvalue weighted by atomic mass is 9.98. The van der Waals surface area contributed by atoms with Crippen molar-refractivity contribution in [3.8, 4) is 0 Å². The summed E-state index contributed by atoms with van der Waals surface area (Å²) in [5.41, 5.74) is 0. The predicted octanol–water partition coefficient (Wildman–Crippen LogP) is 2.69. The molecule has 2 rings (SSSR count). The first kappa shape index (κ1) is 15.5. The van der Waals surface area contributed by atoms with Gasteiger partial charge in [-0.1, -0.05) is 26.2 Å². The Morgan fingerprint density at radius 3 is 2.65 bits per heavy atom. The molecule has 0 bridgehead atoms. The van der Waals surface area contributed by atoms with Crippen LogP contribution in [-0.4, -0.2) is 25.5 Å². The highest BCUT2D eigenvalue weighted by molar-refractivity contribution is 7.91. The Morgan fingerprint density at radius 2 is 2.00 bits per heavy atom. The van der Waals surface area contributed by atoms with E-state index >= 15 is 0 Å². The molecule has 0 aliphatic heterocycles. The first-order valence-corrected chi connectivity index (χ1v) is 9.05. The fourth-order valence-electron chi connectivity index (χ4n) is 2.51. The van der Waals surface area contributed by atoms with Crippen molar-refractivity contribution in [1.29, 1.82) is 0 Å². The molecule has 5 nitrogen and oxygen atoms in total. The van der Waals surface area contributed by atoms with Gasteiger partial charge in [0.25, 0.3) is 0 Å². The molecule has 0 aromatic carbocycles. The predicted molar refractivity (Wildman–Crippen MR) is 77.6 cm³/mol. The normalized spacial score (nSPS) is 24.2. The summed E-state index contributed by atoms with van der Waals surface area (Å²) in [4.78, 5) is 10.9. The second kappa shape index (κ2) is 6.24. The van der Waals surface area contributed by atoms with E-state index in [0.29, 0.717) is 5.92 Å². The van der Waals surface area contributed by atoms with E-state index in [1.807, 2.05) is 0 Å². The number of aromatic carboxylic acids is 1. The van der Waals surface area contributed by atoms with E-state index in [0.717, 1.165) is 43.4 Å². The number of carbonyl (C=O) groups is 1. The van der Waals surface area contributed by atoms with Crippen LogP contribution in [0.2, 0.25) is 0 Å². The molecule has 0 radical (unpaired) electrons. The Balaban J connectivity index is 2.15. The van der Waals surface area contributed by atoms with Crippen LogP contribution < -0.4 is 4.72 Å². The maximum Gasteiger partial charge on any atom is 0.345 e. The highest BCUT2D eigenvalue weighted by Gasteiger charge is 2.27. The van der Waals surface area contributed by atoms with Crippen molar-refractivity contribution in [2.75, 3.05) is 0 Å². The molecule has 1 saturated carbocycles.